The maximum atomic E-state index is 12.1. The maximum Gasteiger partial charge on any atom is 0.228 e. The molecule has 0 aliphatic heterocycles. The topological polar surface area (TPSA) is 64.4 Å². The van der Waals surface area contributed by atoms with Crippen LogP contribution < -0.4 is 15.8 Å². The first-order valence-corrected chi connectivity index (χ1v) is 7.66. The molecule has 3 aromatic rings. The van der Waals surface area contributed by atoms with Gasteiger partial charge in [-0.05, 0) is 54.1 Å². The molecule has 0 heterocycles. The molecule has 0 spiro atoms. The van der Waals surface area contributed by atoms with Crippen molar-refractivity contribution in [1.82, 2.24) is 0 Å². The van der Waals surface area contributed by atoms with E-state index in [1.54, 1.807) is 12.1 Å². The number of carbonyl (C=O) groups is 1. The zero-order valence-electron chi connectivity index (χ0n) is 13.1. The van der Waals surface area contributed by atoms with Crippen LogP contribution in [0.3, 0.4) is 0 Å². The number of para-hydroxylation sites is 1. The van der Waals surface area contributed by atoms with E-state index in [-0.39, 0.29) is 5.91 Å². The molecule has 0 fully saturated rings. The highest BCUT2D eigenvalue weighted by Crippen LogP contribution is 2.22. The summed E-state index contributed by atoms with van der Waals surface area (Å²) in [6.45, 7) is 0. The Labute approximate surface area is 140 Å². The Bertz CT molecular complexity index is 797. The van der Waals surface area contributed by atoms with Crippen molar-refractivity contribution < 1.29 is 9.53 Å². The van der Waals surface area contributed by atoms with E-state index < -0.39 is 0 Å². The fourth-order valence-electron chi connectivity index (χ4n) is 2.26. The zero-order valence-corrected chi connectivity index (χ0v) is 13.1. The van der Waals surface area contributed by atoms with Crippen molar-refractivity contribution in [1.29, 1.82) is 0 Å². The second kappa shape index (κ2) is 7.33. The van der Waals surface area contributed by atoms with Gasteiger partial charge < -0.3 is 15.8 Å². The van der Waals surface area contributed by atoms with Gasteiger partial charge in [0.15, 0.2) is 0 Å². The third-order valence-corrected chi connectivity index (χ3v) is 3.46. The number of hydrogen-bond acceptors (Lipinski definition) is 3. The van der Waals surface area contributed by atoms with Crippen molar-refractivity contribution in [3.05, 3.63) is 84.4 Å². The molecule has 3 aromatic carbocycles. The van der Waals surface area contributed by atoms with Crippen LogP contribution in [0.2, 0.25) is 0 Å². The summed E-state index contributed by atoms with van der Waals surface area (Å²) in [5.41, 5.74) is 7.98. The van der Waals surface area contributed by atoms with Gasteiger partial charge in [0.1, 0.15) is 11.5 Å². The van der Waals surface area contributed by atoms with Crippen LogP contribution in [0.5, 0.6) is 11.5 Å². The van der Waals surface area contributed by atoms with Gasteiger partial charge in [-0.25, -0.2) is 0 Å². The van der Waals surface area contributed by atoms with E-state index in [1.807, 2.05) is 66.7 Å². The van der Waals surface area contributed by atoms with E-state index >= 15 is 0 Å². The number of hydrogen-bond donors (Lipinski definition) is 2. The number of nitrogens with one attached hydrogen (secondary N) is 1. The number of amides is 1. The number of nitrogen functional groups attached to an aromatic ring is 1. The first-order chi connectivity index (χ1) is 11.7. The van der Waals surface area contributed by atoms with Gasteiger partial charge in [0.05, 0.1) is 6.42 Å². The summed E-state index contributed by atoms with van der Waals surface area (Å²) >= 11 is 0. The minimum atomic E-state index is -0.0727. The molecule has 24 heavy (non-hydrogen) atoms. The summed E-state index contributed by atoms with van der Waals surface area (Å²) in [5, 5.41) is 2.87. The fourth-order valence-corrected chi connectivity index (χ4v) is 2.26. The first-order valence-electron chi connectivity index (χ1n) is 7.66. The average Bonchev–Trinajstić information content (AvgIpc) is 2.60. The van der Waals surface area contributed by atoms with Crippen LogP contribution in [0.1, 0.15) is 5.56 Å². The van der Waals surface area contributed by atoms with E-state index in [9.17, 15) is 4.79 Å². The summed E-state index contributed by atoms with van der Waals surface area (Å²) in [6, 6.07) is 24.1. The van der Waals surface area contributed by atoms with Crippen LogP contribution in [-0.4, -0.2) is 5.91 Å². The molecule has 0 aliphatic rings. The van der Waals surface area contributed by atoms with Crippen LogP contribution in [-0.2, 0) is 11.2 Å². The number of rotatable bonds is 5. The van der Waals surface area contributed by atoms with E-state index in [2.05, 4.69) is 5.32 Å². The molecule has 0 radical (unpaired) electrons. The highest BCUT2D eigenvalue weighted by atomic mass is 16.5. The number of anilines is 2. The molecule has 3 rings (SSSR count). The maximum absolute atomic E-state index is 12.1. The largest absolute Gasteiger partial charge is 0.457 e. The van der Waals surface area contributed by atoms with Crippen molar-refractivity contribution in [2.45, 2.75) is 6.42 Å². The molecule has 3 N–H and O–H groups in total. The first kappa shape index (κ1) is 15.6. The molecule has 0 atom stereocenters. The van der Waals surface area contributed by atoms with Crippen LogP contribution in [0.15, 0.2) is 78.9 Å². The molecule has 0 unspecified atom stereocenters. The Hall–Kier alpha value is -3.27. The molecule has 1 amide bonds. The lowest BCUT2D eigenvalue weighted by Gasteiger charge is -2.08. The van der Waals surface area contributed by atoms with Gasteiger partial charge in [0, 0.05) is 11.4 Å². The van der Waals surface area contributed by atoms with Crippen LogP contribution in [0, 0.1) is 0 Å². The number of benzene rings is 3. The molecular formula is C20H18N2O2. The Kier molecular flexibility index (Phi) is 4.77. The van der Waals surface area contributed by atoms with Gasteiger partial charge >= 0.3 is 0 Å². The fraction of sp³-hybridized carbons (Fsp3) is 0.0500. The summed E-state index contributed by atoms with van der Waals surface area (Å²) in [4.78, 5) is 12.1. The van der Waals surface area contributed by atoms with Gasteiger partial charge in [-0.2, -0.15) is 0 Å². The van der Waals surface area contributed by atoms with Crippen molar-refractivity contribution in [2.24, 2.45) is 0 Å². The molecule has 4 heteroatoms. The monoisotopic (exact) mass is 318 g/mol. The van der Waals surface area contributed by atoms with Crippen molar-refractivity contribution in [3.63, 3.8) is 0 Å². The van der Waals surface area contributed by atoms with E-state index in [4.69, 9.17) is 10.5 Å². The lowest BCUT2D eigenvalue weighted by atomic mass is 10.1. The van der Waals surface area contributed by atoms with Crippen molar-refractivity contribution in [2.75, 3.05) is 11.1 Å². The molecular weight excluding hydrogens is 300 g/mol. The average molecular weight is 318 g/mol. The standard InChI is InChI=1S/C20H18N2O2/c21-16-8-6-15(7-9-16)14-20(23)22-17-10-12-19(13-11-17)24-18-4-2-1-3-5-18/h1-13H,14,21H2,(H,22,23). The van der Waals surface area contributed by atoms with Crippen LogP contribution >= 0.6 is 0 Å². The molecule has 0 saturated carbocycles. The molecule has 0 bridgehead atoms. The van der Waals surface area contributed by atoms with E-state index in [0.717, 1.165) is 22.7 Å². The van der Waals surface area contributed by atoms with E-state index in [0.29, 0.717) is 12.1 Å². The second-order valence-corrected chi connectivity index (χ2v) is 5.41. The predicted molar refractivity (Wildman–Crippen MR) is 96.1 cm³/mol. The van der Waals surface area contributed by atoms with Crippen molar-refractivity contribution >= 4 is 17.3 Å². The zero-order chi connectivity index (χ0) is 16.8. The number of ether oxygens (including phenoxy) is 1. The Morgan fingerprint density at radius 3 is 2.12 bits per heavy atom. The van der Waals surface area contributed by atoms with E-state index in [1.165, 1.54) is 0 Å². The molecule has 0 aliphatic carbocycles. The summed E-state index contributed by atoms with van der Waals surface area (Å²) < 4.78 is 5.72. The Morgan fingerprint density at radius 2 is 1.46 bits per heavy atom. The van der Waals surface area contributed by atoms with Gasteiger partial charge in [0.25, 0.3) is 0 Å². The van der Waals surface area contributed by atoms with Gasteiger partial charge in [-0.1, -0.05) is 30.3 Å². The Balaban J connectivity index is 1.57. The predicted octanol–water partition coefficient (Wildman–Crippen LogP) is 4.24. The lowest BCUT2D eigenvalue weighted by Crippen LogP contribution is -2.14. The van der Waals surface area contributed by atoms with Crippen LogP contribution in [0.25, 0.3) is 0 Å². The molecule has 0 saturated heterocycles. The lowest BCUT2D eigenvalue weighted by molar-refractivity contribution is -0.115. The number of carbonyl (C=O) groups excluding carboxylic acids is 1. The third-order valence-electron chi connectivity index (χ3n) is 3.46. The SMILES string of the molecule is Nc1ccc(CC(=O)Nc2ccc(Oc3ccccc3)cc2)cc1. The normalized spacial score (nSPS) is 10.2. The number of nitrogens with two attached hydrogens (primary N) is 1. The highest BCUT2D eigenvalue weighted by Gasteiger charge is 2.05. The summed E-state index contributed by atoms with van der Waals surface area (Å²) in [5.74, 6) is 1.42. The third kappa shape index (κ3) is 4.36. The van der Waals surface area contributed by atoms with Gasteiger partial charge in [-0.3, -0.25) is 4.79 Å². The molecule has 120 valence electrons. The van der Waals surface area contributed by atoms with Gasteiger partial charge in [-0.15, -0.1) is 0 Å². The van der Waals surface area contributed by atoms with Crippen LogP contribution in [0.4, 0.5) is 11.4 Å². The minimum absolute atomic E-state index is 0.0727. The highest BCUT2D eigenvalue weighted by molar-refractivity contribution is 5.92. The molecule has 4 nitrogen and oxygen atoms in total. The molecule has 0 aromatic heterocycles. The van der Waals surface area contributed by atoms with Crippen molar-refractivity contribution in [3.8, 4) is 11.5 Å². The summed E-state index contributed by atoms with van der Waals surface area (Å²) in [6.07, 6.45) is 0.308. The smallest absolute Gasteiger partial charge is 0.228 e. The second-order valence-electron chi connectivity index (χ2n) is 5.41. The quantitative estimate of drug-likeness (QED) is 0.691. The van der Waals surface area contributed by atoms with Gasteiger partial charge in [0.2, 0.25) is 5.91 Å². The minimum Gasteiger partial charge on any atom is -0.457 e. The summed E-state index contributed by atoms with van der Waals surface area (Å²) in [7, 11) is 0. The Morgan fingerprint density at radius 1 is 0.833 bits per heavy atom.